The zero-order chi connectivity index (χ0) is 17.5. The molecule has 2 amide bonds. The van der Waals surface area contributed by atoms with Crippen molar-refractivity contribution < 1.29 is 9.59 Å². The van der Waals surface area contributed by atoms with Gasteiger partial charge in [0.25, 0.3) is 5.91 Å². The summed E-state index contributed by atoms with van der Waals surface area (Å²) in [5.41, 5.74) is 0.642. The van der Waals surface area contributed by atoms with Gasteiger partial charge in [-0.3, -0.25) is 9.59 Å². The van der Waals surface area contributed by atoms with Gasteiger partial charge < -0.3 is 9.80 Å². The molecule has 1 saturated heterocycles. The normalized spacial score (nSPS) is 15.0. The fraction of sp³-hybridized carbons (Fsp3) is 0.556. The van der Waals surface area contributed by atoms with Gasteiger partial charge in [0.2, 0.25) is 5.91 Å². The van der Waals surface area contributed by atoms with E-state index in [-0.39, 0.29) is 11.8 Å². The van der Waals surface area contributed by atoms with E-state index in [1.165, 1.54) is 0 Å². The number of rotatable bonds is 6. The molecule has 0 atom stereocenters. The Hall–Kier alpha value is -1.20. The Morgan fingerprint density at radius 2 is 1.67 bits per heavy atom. The Kier molecular flexibility index (Phi) is 7.43. The van der Waals surface area contributed by atoms with Crippen molar-refractivity contribution >= 4 is 35.2 Å². The van der Waals surface area contributed by atoms with Crippen LogP contribution in [0.15, 0.2) is 24.3 Å². The third-order valence-electron chi connectivity index (χ3n) is 4.08. The lowest BCUT2D eigenvalue weighted by Crippen LogP contribution is -2.51. The Morgan fingerprint density at radius 3 is 2.25 bits per heavy atom. The van der Waals surface area contributed by atoms with Gasteiger partial charge in [-0.05, 0) is 42.4 Å². The maximum Gasteiger partial charge on any atom is 0.253 e. The van der Waals surface area contributed by atoms with Crippen LogP contribution in [-0.2, 0) is 4.79 Å². The molecule has 2 rings (SSSR count). The lowest BCUT2D eigenvalue weighted by molar-refractivity contribution is -0.129. The highest BCUT2D eigenvalue weighted by molar-refractivity contribution is 7.99. The summed E-state index contributed by atoms with van der Waals surface area (Å²) in [7, 11) is 0. The number of nitrogens with zero attached hydrogens (tertiary/aromatic N) is 2. The summed E-state index contributed by atoms with van der Waals surface area (Å²) in [6.45, 7) is 6.79. The lowest BCUT2D eigenvalue weighted by Gasteiger charge is -2.34. The van der Waals surface area contributed by atoms with Gasteiger partial charge in [-0.25, -0.2) is 0 Å². The number of amides is 2. The van der Waals surface area contributed by atoms with E-state index in [2.05, 4.69) is 13.8 Å². The van der Waals surface area contributed by atoms with Crippen LogP contribution < -0.4 is 0 Å². The van der Waals surface area contributed by atoms with E-state index >= 15 is 0 Å². The topological polar surface area (TPSA) is 40.6 Å². The molecule has 0 aliphatic carbocycles. The first-order valence-electron chi connectivity index (χ1n) is 8.37. The number of carbonyl (C=O) groups excluding carboxylic acids is 2. The molecular weight excluding hydrogens is 344 g/mol. The molecule has 4 nitrogen and oxygen atoms in total. The molecule has 1 aromatic carbocycles. The first kappa shape index (κ1) is 19.1. The molecule has 1 aromatic rings. The van der Waals surface area contributed by atoms with Gasteiger partial charge in [0.15, 0.2) is 0 Å². The Balaban J connectivity index is 1.75. The molecule has 1 aliphatic rings. The number of piperazine rings is 1. The van der Waals surface area contributed by atoms with Crippen LogP contribution in [0.2, 0.25) is 5.02 Å². The van der Waals surface area contributed by atoms with Gasteiger partial charge in [-0.15, -0.1) is 0 Å². The van der Waals surface area contributed by atoms with E-state index in [9.17, 15) is 9.59 Å². The molecule has 1 heterocycles. The number of thioether (sulfide) groups is 1. The maximum absolute atomic E-state index is 12.4. The smallest absolute Gasteiger partial charge is 0.253 e. The van der Waals surface area contributed by atoms with Crippen molar-refractivity contribution in [3.05, 3.63) is 34.9 Å². The first-order valence-corrected chi connectivity index (χ1v) is 9.91. The van der Waals surface area contributed by atoms with Gasteiger partial charge in [-0.2, -0.15) is 11.8 Å². The average molecular weight is 369 g/mol. The highest BCUT2D eigenvalue weighted by atomic mass is 35.5. The lowest BCUT2D eigenvalue weighted by atomic mass is 10.2. The van der Waals surface area contributed by atoms with Crippen molar-refractivity contribution in [3.63, 3.8) is 0 Å². The number of hydrogen-bond acceptors (Lipinski definition) is 3. The molecule has 0 spiro atoms. The van der Waals surface area contributed by atoms with Crippen LogP contribution in [0.1, 0.15) is 30.6 Å². The number of carbonyl (C=O) groups is 2. The standard InChI is InChI=1S/C18H25ClN2O2S/c1-14(2)7-12-24-13-17(22)20-8-10-21(11-9-20)18(23)15-3-5-16(19)6-4-15/h3-6,14H,7-13H2,1-2H3. The maximum atomic E-state index is 12.4. The van der Waals surface area contributed by atoms with E-state index in [1.807, 2.05) is 4.90 Å². The molecule has 132 valence electrons. The van der Waals surface area contributed by atoms with E-state index in [0.29, 0.717) is 48.4 Å². The van der Waals surface area contributed by atoms with Crippen molar-refractivity contribution in [1.29, 1.82) is 0 Å². The van der Waals surface area contributed by atoms with E-state index in [4.69, 9.17) is 11.6 Å². The van der Waals surface area contributed by atoms with Gasteiger partial charge in [0, 0.05) is 36.8 Å². The number of halogens is 1. The number of benzene rings is 1. The summed E-state index contributed by atoms with van der Waals surface area (Å²) >= 11 is 7.56. The molecule has 0 N–H and O–H groups in total. The summed E-state index contributed by atoms with van der Waals surface area (Å²) in [5, 5.41) is 0.622. The molecule has 0 saturated carbocycles. The SMILES string of the molecule is CC(C)CCSCC(=O)N1CCN(C(=O)c2ccc(Cl)cc2)CC1. The molecule has 0 unspecified atom stereocenters. The third-order valence-corrected chi connectivity index (χ3v) is 5.30. The Morgan fingerprint density at radius 1 is 1.08 bits per heavy atom. The van der Waals surface area contributed by atoms with Crippen LogP contribution in [0.4, 0.5) is 0 Å². The van der Waals surface area contributed by atoms with Crippen molar-refractivity contribution in [3.8, 4) is 0 Å². The van der Waals surface area contributed by atoms with Gasteiger partial charge in [-0.1, -0.05) is 25.4 Å². The van der Waals surface area contributed by atoms with Gasteiger partial charge >= 0.3 is 0 Å². The molecule has 0 radical (unpaired) electrons. The second kappa shape index (κ2) is 9.33. The van der Waals surface area contributed by atoms with E-state index in [1.54, 1.807) is 40.9 Å². The predicted octanol–water partition coefficient (Wildman–Crippen LogP) is 3.40. The second-order valence-electron chi connectivity index (χ2n) is 6.41. The predicted molar refractivity (Wildman–Crippen MR) is 101 cm³/mol. The minimum atomic E-state index is 0.00470. The van der Waals surface area contributed by atoms with Crippen molar-refractivity contribution in [1.82, 2.24) is 9.80 Å². The monoisotopic (exact) mass is 368 g/mol. The molecule has 1 fully saturated rings. The molecule has 24 heavy (non-hydrogen) atoms. The van der Waals surface area contributed by atoms with Gasteiger partial charge in [0.1, 0.15) is 0 Å². The fourth-order valence-electron chi connectivity index (χ4n) is 2.50. The van der Waals surface area contributed by atoms with Crippen LogP contribution in [-0.4, -0.2) is 59.3 Å². The minimum Gasteiger partial charge on any atom is -0.338 e. The van der Waals surface area contributed by atoms with Crippen molar-refractivity contribution in [2.24, 2.45) is 5.92 Å². The highest BCUT2D eigenvalue weighted by Crippen LogP contribution is 2.14. The molecule has 0 bridgehead atoms. The Labute approximate surface area is 153 Å². The molecular formula is C18H25ClN2O2S. The first-order chi connectivity index (χ1) is 11.5. The van der Waals surface area contributed by atoms with Crippen LogP contribution in [0.25, 0.3) is 0 Å². The highest BCUT2D eigenvalue weighted by Gasteiger charge is 2.24. The summed E-state index contributed by atoms with van der Waals surface area (Å²) in [6, 6.07) is 6.94. The molecule has 1 aliphatic heterocycles. The summed E-state index contributed by atoms with van der Waals surface area (Å²) < 4.78 is 0. The van der Waals surface area contributed by atoms with Crippen LogP contribution in [0, 0.1) is 5.92 Å². The average Bonchev–Trinajstić information content (AvgIpc) is 2.58. The largest absolute Gasteiger partial charge is 0.338 e. The van der Waals surface area contributed by atoms with Crippen molar-refractivity contribution in [2.75, 3.05) is 37.7 Å². The molecule has 0 aromatic heterocycles. The fourth-order valence-corrected chi connectivity index (χ4v) is 3.77. The second-order valence-corrected chi connectivity index (χ2v) is 7.96. The van der Waals surface area contributed by atoms with Crippen LogP contribution in [0.5, 0.6) is 0 Å². The van der Waals surface area contributed by atoms with Crippen LogP contribution in [0.3, 0.4) is 0 Å². The zero-order valence-electron chi connectivity index (χ0n) is 14.3. The summed E-state index contributed by atoms with van der Waals surface area (Å²) in [5.74, 6) is 2.43. The summed E-state index contributed by atoms with van der Waals surface area (Å²) in [4.78, 5) is 28.3. The summed E-state index contributed by atoms with van der Waals surface area (Å²) in [6.07, 6.45) is 1.14. The van der Waals surface area contributed by atoms with E-state index < -0.39 is 0 Å². The molecule has 6 heteroatoms. The number of hydrogen-bond donors (Lipinski definition) is 0. The minimum absolute atomic E-state index is 0.00470. The third kappa shape index (κ3) is 5.71. The van der Waals surface area contributed by atoms with Crippen molar-refractivity contribution in [2.45, 2.75) is 20.3 Å². The Bertz CT molecular complexity index is 555. The van der Waals surface area contributed by atoms with Gasteiger partial charge in [0.05, 0.1) is 5.75 Å². The van der Waals surface area contributed by atoms with Crippen LogP contribution >= 0.6 is 23.4 Å². The zero-order valence-corrected chi connectivity index (χ0v) is 15.9. The quantitative estimate of drug-likeness (QED) is 0.722. The van der Waals surface area contributed by atoms with E-state index in [0.717, 1.165) is 12.2 Å².